The molecule has 1 fully saturated rings. The van der Waals surface area contributed by atoms with E-state index in [1.54, 1.807) is 12.1 Å². The molecule has 1 aliphatic rings. The second-order valence-electron chi connectivity index (χ2n) is 7.16. The topological polar surface area (TPSA) is 71.1 Å². The van der Waals surface area contributed by atoms with Crippen molar-refractivity contribution in [3.8, 4) is 0 Å². The van der Waals surface area contributed by atoms with E-state index in [4.69, 9.17) is 0 Å². The van der Waals surface area contributed by atoms with Crippen LogP contribution in [0.15, 0.2) is 53.4 Å². The highest BCUT2D eigenvalue weighted by atomic mass is 32.2. The Hall–Kier alpha value is -2.44. The van der Waals surface area contributed by atoms with Gasteiger partial charge in [-0.25, -0.2) is 13.1 Å². The molecule has 0 aliphatic heterocycles. The van der Waals surface area contributed by atoms with Crippen LogP contribution in [0.5, 0.6) is 0 Å². The molecule has 0 unspecified atom stereocenters. The van der Waals surface area contributed by atoms with Crippen LogP contribution in [0.3, 0.4) is 0 Å². The molecule has 6 heteroatoms. The molecule has 0 atom stereocenters. The van der Waals surface area contributed by atoms with Gasteiger partial charge in [-0.1, -0.05) is 18.2 Å². The van der Waals surface area contributed by atoms with Crippen LogP contribution in [0.4, 0.5) is 5.69 Å². The van der Waals surface area contributed by atoms with Crippen molar-refractivity contribution >= 4 is 26.6 Å². The lowest BCUT2D eigenvalue weighted by Gasteiger charge is -2.14. The van der Waals surface area contributed by atoms with Crippen molar-refractivity contribution in [3.63, 3.8) is 0 Å². The Morgan fingerprint density at radius 1 is 1.07 bits per heavy atom. The van der Waals surface area contributed by atoms with Crippen molar-refractivity contribution in [1.29, 1.82) is 0 Å². The fourth-order valence-corrected chi connectivity index (χ4v) is 4.74. The molecule has 4 rings (SSSR count). The maximum Gasteiger partial charge on any atom is 0.241 e. The van der Waals surface area contributed by atoms with Crippen LogP contribution in [-0.4, -0.2) is 19.4 Å². The van der Waals surface area contributed by atoms with E-state index in [0.29, 0.717) is 11.4 Å². The van der Waals surface area contributed by atoms with Gasteiger partial charge in [0, 0.05) is 29.4 Å². The number of hydrogen-bond acceptors (Lipinski definition) is 4. The third kappa shape index (κ3) is 3.96. The van der Waals surface area contributed by atoms with Crippen LogP contribution < -0.4 is 10.0 Å². The third-order valence-corrected chi connectivity index (χ3v) is 6.51. The standard InChI is InChI=1S/C21H23N3O2S/c1-14-6-8-17-12-16(7-11-20(17)23-14)13-22-19-4-3-5-21(15(19)2)27(25,26)24-18-9-10-18/h3-8,11-12,18,22,24H,9-10,13H2,1-2H3. The molecule has 1 heterocycles. The number of hydrogen-bond donors (Lipinski definition) is 2. The van der Waals surface area contributed by atoms with Gasteiger partial charge in [0.05, 0.1) is 10.4 Å². The largest absolute Gasteiger partial charge is 0.381 e. The van der Waals surface area contributed by atoms with Gasteiger partial charge in [-0.15, -0.1) is 0 Å². The van der Waals surface area contributed by atoms with Gasteiger partial charge in [-0.2, -0.15) is 0 Å². The summed E-state index contributed by atoms with van der Waals surface area (Å²) >= 11 is 0. The number of pyridine rings is 1. The average Bonchev–Trinajstić information content (AvgIpc) is 3.44. The average molecular weight is 382 g/mol. The van der Waals surface area contributed by atoms with Gasteiger partial charge in [0.2, 0.25) is 10.0 Å². The summed E-state index contributed by atoms with van der Waals surface area (Å²) in [7, 11) is -3.46. The van der Waals surface area contributed by atoms with E-state index in [0.717, 1.165) is 46.3 Å². The number of sulfonamides is 1. The molecule has 2 N–H and O–H groups in total. The SMILES string of the molecule is Cc1ccc2cc(CNc3cccc(S(=O)(=O)NC4CC4)c3C)ccc2n1. The lowest BCUT2D eigenvalue weighted by Crippen LogP contribution is -2.26. The summed E-state index contributed by atoms with van der Waals surface area (Å²) in [5, 5.41) is 4.47. The number of rotatable bonds is 6. The summed E-state index contributed by atoms with van der Waals surface area (Å²) in [4.78, 5) is 4.87. The third-order valence-electron chi connectivity index (χ3n) is 4.85. The monoisotopic (exact) mass is 381 g/mol. The second kappa shape index (κ2) is 6.94. The first-order valence-electron chi connectivity index (χ1n) is 9.14. The molecule has 1 saturated carbocycles. The first-order valence-corrected chi connectivity index (χ1v) is 10.6. The van der Waals surface area contributed by atoms with Gasteiger partial charge in [0.25, 0.3) is 0 Å². The molecule has 0 bridgehead atoms. The highest BCUT2D eigenvalue weighted by Gasteiger charge is 2.29. The molecule has 1 aliphatic carbocycles. The normalized spacial score (nSPS) is 14.4. The fourth-order valence-electron chi connectivity index (χ4n) is 3.17. The molecule has 5 nitrogen and oxygen atoms in total. The minimum atomic E-state index is -3.46. The van der Waals surface area contributed by atoms with Gasteiger partial charge in [-0.05, 0) is 68.1 Å². The van der Waals surface area contributed by atoms with Crippen molar-refractivity contribution in [2.24, 2.45) is 0 Å². The van der Waals surface area contributed by atoms with E-state index < -0.39 is 10.0 Å². The number of nitrogens with zero attached hydrogens (tertiary/aromatic N) is 1. The zero-order valence-corrected chi connectivity index (χ0v) is 16.3. The van der Waals surface area contributed by atoms with Crippen molar-refractivity contribution in [1.82, 2.24) is 9.71 Å². The van der Waals surface area contributed by atoms with Crippen molar-refractivity contribution in [2.45, 2.75) is 44.2 Å². The number of nitrogens with one attached hydrogen (secondary N) is 2. The Bertz CT molecular complexity index is 1110. The zero-order chi connectivity index (χ0) is 19.0. The minimum Gasteiger partial charge on any atom is -0.381 e. The Kier molecular flexibility index (Phi) is 4.61. The lowest BCUT2D eigenvalue weighted by molar-refractivity contribution is 0.580. The molecule has 0 saturated heterocycles. The van der Waals surface area contributed by atoms with Crippen LogP contribution >= 0.6 is 0 Å². The Morgan fingerprint density at radius 2 is 1.89 bits per heavy atom. The minimum absolute atomic E-state index is 0.0980. The Labute approximate surface area is 159 Å². The summed E-state index contributed by atoms with van der Waals surface area (Å²) in [6.45, 7) is 4.44. The van der Waals surface area contributed by atoms with Gasteiger partial charge in [0.15, 0.2) is 0 Å². The smallest absolute Gasteiger partial charge is 0.241 e. The fraction of sp³-hybridized carbons (Fsp3) is 0.286. The first kappa shape index (κ1) is 17.9. The molecule has 0 spiro atoms. The summed E-state index contributed by atoms with van der Waals surface area (Å²) in [6.07, 6.45) is 1.85. The van der Waals surface area contributed by atoms with Crippen LogP contribution in [0.1, 0.15) is 29.7 Å². The molecule has 1 aromatic heterocycles. The van der Waals surface area contributed by atoms with Gasteiger partial charge < -0.3 is 5.32 Å². The van der Waals surface area contributed by atoms with E-state index in [1.165, 1.54) is 0 Å². The molecular weight excluding hydrogens is 358 g/mol. The van der Waals surface area contributed by atoms with Crippen LogP contribution in [0.25, 0.3) is 10.9 Å². The molecule has 0 radical (unpaired) electrons. The first-order chi connectivity index (χ1) is 12.9. The number of fused-ring (bicyclic) bond motifs is 1. The predicted octanol–water partition coefficient (Wildman–Crippen LogP) is 3.90. The summed E-state index contributed by atoms with van der Waals surface area (Å²) < 4.78 is 27.9. The van der Waals surface area contributed by atoms with Crippen molar-refractivity contribution in [3.05, 3.63) is 65.4 Å². The molecule has 3 aromatic rings. The number of anilines is 1. The molecule has 2 aromatic carbocycles. The predicted molar refractivity (Wildman–Crippen MR) is 108 cm³/mol. The molecular formula is C21H23N3O2S. The van der Waals surface area contributed by atoms with Crippen LogP contribution in [0.2, 0.25) is 0 Å². The number of benzene rings is 2. The van der Waals surface area contributed by atoms with Crippen molar-refractivity contribution < 1.29 is 8.42 Å². The summed E-state index contributed by atoms with van der Waals surface area (Å²) in [5.74, 6) is 0. The Balaban J connectivity index is 1.54. The quantitative estimate of drug-likeness (QED) is 0.679. The van der Waals surface area contributed by atoms with E-state index in [2.05, 4.69) is 27.2 Å². The van der Waals surface area contributed by atoms with Gasteiger partial charge >= 0.3 is 0 Å². The van der Waals surface area contributed by atoms with E-state index in [-0.39, 0.29) is 6.04 Å². The van der Waals surface area contributed by atoms with E-state index in [9.17, 15) is 8.42 Å². The van der Waals surface area contributed by atoms with Crippen molar-refractivity contribution in [2.75, 3.05) is 5.32 Å². The van der Waals surface area contributed by atoms with E-state index >= 15 is 0 Å². The Morgan fingerprint density at radius 3 is 2.67 bits per heavy atom. The molecule has 140 valence electrons. The molecule has 27 heavy (non-hydrogen) atoms. The van der Waals surface area contributed by atoms with Gasteiger partial charge in [-0.3, -0.25) is 4.98 Å². The maximum absolute atomic E-state index is 12.6. The maximum atomic E-state index is 12.6. The van der Waals surface area contributed by atoms with E-state index in [1.807, 2.05) is 38.1 Å². The zero-order valence-electron chi connectivity index (χ0n) is 15.5. The number of aryl methyl sites for hydroxylation is 1. The summed E-state index contributed by atoms with van der Waals surface area (Å²) in [6, 6.07) is 15.7. The lowest BCUT2D eigenvalue weighted by atomic mass is 10.1. The van der Waals surface area contributed by atoms with Crippen LogP contribution in [0, 0.1) is 13.8 Å². The summed E-state index contributed by atoms with van der Waals surface area (Å²) in [5.41, 5.74) is 4.67. The number of aromatic nitrogens is 1. The van der Waals surface area contributed by atoms with Gasteiger partial charge in [0.1, 0.15) is 0 Å². The molecule has 0 amide bonds. The van der Waals surface area contributed by atoms with Crippen LogP contribution in [-0.2, 0) is 16.6 Å². The highest BCUT2D eigenvalue weighted by molar-refractivity contribution is 7.89. The highest BCUT2D eigenvalue weighted by Crippen LogP contribution is 2.27. The second-order valence-corrected chi connectivity index (χ2v) is 8.84.